The van der Waals surface area contributed by atoms with E-state index in [-0.39, 0.29) is 0 Å². The van der Waals surface area contributed by atoms with Gasteiger partial charge in [0.1, 0.15) is 0 Å². The van der Waals surface area contributed by atoms with Crippen molar-refractivity contribution in [3.63, 3.8) is 0 Å². The third-order valence-electron chi connectivity index (χ3n) is 4.12. The average molecular weight is 167 g/mol. The Bertz CT molecular complexity index is 176. The molecule has 0 N–H and O–H groups in total. The van der Waals surface area contributed by atoms with Gasteiger partial charge in [0.05, 0.1) is 0 Å². The Balaban J connectivity index is 2.03. The molecule has 0 aromatic rings. The van der Waals surface area contributed by atoms with Crippen LogP contribution >= 0.6 is 0 Å². The molecule has 0 radical (unpaired) electrons. The Morgan fingerprint density at radius 3 is 2.42 bits per heavy atom. The lowest BCUT2D eigenvalue weighted by molar-refractivity contribution is 0.00738. The Hall–Kier alpha value is -0.0400. The molecule has 0 amide bonds. The SMILES string of the molecule is CC(C)C1CCC12CCN(C)C2. The van der Waals surface area contributed by atoms with Crippen LogP contribution in [0.15, 0.2) is 0 Å². The molecule has 70 valence electrons. The lowest BCUT2D eigenvalue weighted by atomic mass is 9.56. The number of hydrogen-bond acceptors (Lipinski definition) is 1. The zero-order chi connectivity index (χ0) is 8.77. The van der Waals surface area contributed by atoms with Gasteiger partial charge in [-0.3, -0.25) is 0 Å². The molecule has 1 spiro atoms. The fourth-order valence-corrected chi connectivity index (χ4v) is 3.38. The molecule has 1 heteroatoms. The van der Waals surface area contributed by atoms with Crippen molar-refractivity contribution in [3.8, 4) is 0 Å². The van der Waals surface area contributed by atoms with E-state index < -0.39 is 0 Å². The summed E-state index contributed by atoms with van der Waals surface area (Å²) in [6.45, 7) is 7.49. The molecule has 0 aromatic carbocycles. The highest BCUT2D eigenvalue weighted by atomic mass is 15.1. The van der Waals surface area contributed by atoms with Gasteiger partial charge < -0.3 is 4.90 Å². The van der Waals surface area contributed by atoms with Crippen LogP contribution in [0.5, 0.6) is 0 Å². The van der Waals surface area contributed by atoms with Crippen molar-refractivity contribution in [2.24, 2.45) is 17.3 Å². The van der Waals surface area contributed by atoms with Crippen LogP contribution in [0.1, 0.15) is 33.1 Å². The van der Waals surface area contributed by atoms with Crippen LogP contribution < -0.4 is 0 Å². The molecule has 12 heavy (non-hydrogen) atoms. The maximum atomic E-state index is 2.51. The van der Waals surface area contributed by atoms with Gasteiger partial charge in [0.25, 0.3) is 0 Å². The Morgan fingerprint density at radius 1 is 1.33 bits per heavy atom. The van der Waals surface area contributed by atoms with Crippen LogP contribution in [-0.4, -0.2) is 25.0 Å². The first-order valence-electron chi connectivity index (χ1n) is 5.33. The van der Waals surface area contributed by atoms with Gasteiger partial charge in [-0.1, -0.05) is 13.8 Å². The van der Waals surface area contributed by atoms with Gasteiger partial charge in [-0.15, -0.1) is 0 Å². The minimum atomic E-state index is 0.753. The molecule has 1 heterocycles. The van der Waals surface area contributed by atoms with Crippen molar-refractivity contribution in [2.75, 3.05) is 20.1 Å². The van der Waals surface area contributed by atoms with Gasteiger partial charge in [0.2, 0.25) is 0 Å². The van der Waals surface area contributed by atoms with Crippen molar-refractivity contribution in [1.29, 1.82) is 0 Å². The highest BCUT2D eigenvalue weighted by Crippen LogP contribution is 2.55. The van der Waals surface area contributed by atoms with Crippen molar-refractivity contribution in [3.05, 3.63) is 0 Å². The fourth-order valence-electron chi connectivity index (χ4n) is 3.38. The topological polar surface area (TPSA) is 3.24 Å². The molecule has 0 bridgehead atoms. The number of likely N-dealkylation sites (tertiary alicyclic amines) is 1. The Morgan fingerprint density at radius 2 is 2.08 bits per heavy atom. The summed E-state index contributed by atoms with van der Waals surface area (Å²) in [6, 6.07) is 0. The van der Waals surface area contributed by atoms with E-state index in [1.54, 1.807) is 0 Å². The first-order chi connectivity index (χ1) is 5.64. The highest BCUT2D eigenvalue weighted by Gasteiger charge is 2.50. The molecule has 2 unspecified atom stereocenters. The number of rotatable bonds is 1. The maximum Gasteiger partial charge on any atom is 0.00382 e. The predicted molar refractivity (Wildman–Crippen MR) is 52.1 cm³/mol. The van der Waals surface area contributed by atoms with E-state index in [1.165, 1.54) is 32.4 Å². The van der Waals surface area contributed by atoms with E-state index in [2.05, 4.69) is 25.8 Å². The van der Waals surface area contributed by atoms with E-state index in [4.69, 9.17) is 0 Å². The van der Waals surface area contributed by atoms with Gasteiger partial charge in [-0.2, -0.15) is 0 Å². The van der Waals surface area contributed by atoms with E-state index in [0.717, 1.165) is 17.3 Å². The molecule has 1 aliphatic carbocycles. The molecule has 2 atom stereocenters. The highest BCUT2D eigenvalue weighted by molar-refractivity contribution is 5.01. The zero-order valence-corrected chi connectivity index (χ0v) is 8.64. The summed E-state index contributed by atoms with van der Waals surface area (Å²) in [5.41, 5.74) is 0.753. The van der Waals surface area contributed by atoms with Gasteiger partial charge in [-0.05, 0) is 50.1 Å². The molecular weight excluding hydrogens is 146 g/mol. The second-order valence-corrected chi connectivity index (χ2v) is 5.24. The smallest absolute Gasteiger partial charge is 0.00382 e. The zero-order valence-electron chi connectivity index (χ0n) is 8.64. The van der Waals surface area contributed by atoms with Crippen molar-refractivity contribution in [1.82, 2.24) is 4.90 Å². The van der Waals surface area contributed by atoms with Gasteiger partial charge in [0, 0.05) is 6.54 Å². The number of hydrogen-bond donors (Lipinski definition) is 0. The largest absolute Gasteiger partial charge is 0.306 e. The lowest BCUT2D eigenvalue weighted by Gasteiger charge is -2.49. The average Bonchev–Trinajstić information content (AvgIpc) is 2.30. The Kier molecular flexibility index (Phi) is 1.95. The van der Waals surface area contributed by atoms with Crippen LogP contribution in [0.25, 0.3) is 0 Å². The van der Waals surface area contributed by atoms with E-state index in [9.17, 15) is 0 Å². The molecular formula is C11H21N. The van der Waals surface area contributed by atoms with Gasteiger partial charge >= 0.3 is 0 Å². The predicted octanol–water partition coefficient (Wildman–Crippen LogP) is 2.37. The van der Waals surface area contributed by atoms with Crippen LogP contribution in [0.4, 0.5) is 0 Å². The van der Waals surface area contributed by atoms with E-state index in [1.807, 2.05) is 0 Å². The van der Waals surface area contributed by atoms with Crippen molar-refractivity contribution < 1.29 is 0 Å². The normalized spacial score (nSPS) is 42.5. The summed E-state index contributed by atoms with van der Waals surface area (Å²) in [5, 5.41) is 0. The fraction of sp³-hybridized carbons (Fsp3) is 1.00. The molecule has 1 saturated carbocycles. The minimum absolute atomic E-state index is 0.753. The summed E-state index contributed by atoms with van der Waals surface area (Å²) < 4.78 is 0. The number of nitrogens with zero attached hydrogens (tertiary/aromatic N) is 1. The van der Waals surface area contributed by atoms with E-state index >= 15 is 0 Å². The second-order valence-electron chi connectivity index (χ2n) is 5.24. The summed E-state index contributed by atoms with van der Waals surface area (Å²) >= 11 is 0. The molecule has 2 rings (SSSR count). The minimum Gasteiger partial charge on any atom is -0.306 e. The lowest BCUT2D eigenvalue weighted by Crippen LogP contribution is -2.44. The van der Waals surface area contributed by atoms with Gasteiger partial charge in [-0.25, -0.2) is 0 Å². The molecule has 0 aromatic heterocycles. The molecule has 2 aliphatic rings. The quantitative estimate of drug-likeness (QED) is 0.579. The summed E-state index contributed by atoms with van der Waals surface area (Å²) in [6.07, 6.45) is 4.46. The summed E-state index contributed by atoms with van der Waals surface area (Å²) in [5.74, 6) is 1.94. The Labute approximate surface area is 76.1 Å². The molecule has 1 nitrogen and oxygen atoms in total. The van der Waals surface area contributed by atoms with Crippen molar-refractivity contribution in [2.45, 2.75) is 33.1 Å². The van der Waals surface area contributed by atoms with Crippen LogP contribution in [0, 0.1) is 17.3 Å². The third kappa shape index (κ3) is 1.10. The first kappa shape index (κ1) is 8.55. The maximum absolute atomic E-state index is 2.51. The standard InChI is InChI=1S/C11H21N/c1-9(2)10-4-5-11(10)6-7-12(3)8-11/h9-10H,4-8H2,1-3H3. The molecule has 2 fully saturated rings. The molecule has 1 aliphatic heterocycles. The summed E-state index contributed by atoms with van der Waals surface area (Å²) in [7, 11) is 2.27. The van der Waals surface area contributed by atoms with Crippen LogP contribution in [0.3, 0.4) is 0 Å². The summed E-state index contributed by atoms with van der Waals surface area (Å²) in [4.78, 5) is 2.51. The monoisotopic (exact) mass is 167 g/mol. The van der Waals surface area contributed by atoms with Crippen LogP contribution in [0.2, 0.25) is 0 Å². The van der Waals surface area contributed by atoms with Crippen molar-refractivity contribution >= 4 is 0 Å². The van der Waals surface area contributed by atoms with Gasteiger partial charge in [0.15, 0.2) is 0 Å². The third-order valence-corrected chi connectivity index (χ3v) is 4.12. The molecule has 1 saturated heterocycles. The van der Waals surface area contributed by atoms with Crippen LogP contribution in [-0.2, 0) is 0 Å². The van der Waals surface area contributed by atoms with E-state index in [0.29, 0.717) is 0 Å². The first-order valence-corrected chi connectivity index (χ1v) is 5.33. The second kappa shape index (κ2) is 2.73.